The highest BCUT2D eigenvalue weighted by molar-refractivity contribution is 6.33. The van der Waals surface area contributed by atoms with Crippen LogP contribution in [-0.2, 0) is 4.74 Å². The second-order valence-electron chi connectivity index (χ2n) is 9.57. The standard InChI is InChI=1S/C24H28ClF3N4O/c25-21-2-1-17(26)9-19(21)23-20(24(27)28)10-22(30-31-23)29-18-7-15-12-32(13-16(15)8-18)11-14-3-5-33-6-4-14/h1-2,9-10,14-16,18,24H,3-8,11-13H2,(H,29,30)/t15-,16+,18?. The van der Waals surface area contributed by atoms with Gasteiger partial charge in [0.2, 0.25) is 0 Å². The molecular formula is C24H28ClF3N4O. The monoisotopic (exact) mass is 480 g/mol. The molecule has 1 aromatic heterocycles. The lowest BCUT2D eigenvalue weighted by Crippen LogP contribution is -2.32. The van der Waals surface area contributed by atoms with Gasteiger partial charge >= 0.3 is 0 Å². The van der Waals surface area contributed by atoms with Gasteiger partial charge in [-0.15, -0.1) is 10.2 Å². The third-order valence-corrected chi connectivity index (χ3v) is 7.61. The van der Waals surface area contributed by atoms with Crippen molar-refractivity contribution in [2.24, 2.45) is 17.8 Å². The molecule has 0 bridgehead atoms. The van der Waals surface area contributed by atoms with Crippen molar-refractivity contribution in [1.29, 1.82) is 0 Å². The zero-order valence-corrected chi connectivity index (χ0v) is 19.1. The molecule has 2 saturated heterocycles. The highest BCUT2D eigenvalue weighted by Gasteiger charge is 2.41. The van der Waals surface area contributed by atoms with Gasteiger partial charge in [-0.25, -0.2) is 13.2 Å². The van der Waals surface area contributed by atoms with Gasteiger partial charge in [-0.05, 0) is 67.7 Å². The molecule has 5 rings (SSSR count). The number of benzene rings is 1. The molecule has 3 fully saturated rings. The topological polar surface area (TPSA) is 50.3 Å². The number of hydrogen-bond donors (Lipinski definition) is 1. The number of likely N-dealkylation sites (tertiary alicyclic amines) is 1. The van der Waals surface area contributed by atoms with Gasteiger partial charge in [-0.1, -0.05) is 11.6 Å². The van der Waals surface area contributed by atoms with Crippen LogP contribution in [0, 0.1) is 23.6 Å². The summed E-state index contributed by atoms with van der Waals surface area (Å²) < 4.78 is 46.8. The van der Waals surface area contributed by atoms with E-state index in [-0.39, 0.29) is 27.9 Å². The number of nitrogens with one attached hydrogen (secondary N) is 1. The number of anilines is 1. The van der Waals surface area contributed by atoms with Gasteiger partial charge in [-0.2, -0.15) is 0 Å². The van der Waals surface area contributed by atoms with Crippen molar-refractivity contribution in [3.8, 4) is 11.3 Å². The van der Waals surface area contributed by atoms with E-state index in [1.165, 1.54) is 18.2 Å². The predicted molar refractivity (Wildman–Crippen MR) is 121 cm³/mol. The number of hydrogen-bond acceptors (Lipinski definition) is 5. The third-order valence-electron chi connectivity index (χ3n) is 7.28. The zero-order valence-electron chi connectivity index (χ0n) is 18.3. The molecule has 1 unspecified atom stereocenters. The predicted octanol–water partition coefficient (Wildman–Crippen LogP) is 5.42. The Hall–Kier alpha value is -1.90. The van der Waals surface area contributed by atoms with Gasteiger partial charge in [0.15, 0.2) is 0 Å². The first-order chi connectivity index (χ1) is 16.0. The van der Waals surface area contributed by atoms with Crippen LogP contribution >= 0.6 is 11.6 Å². The van der Waals surface area contributed by atoms with Crippen LogP contribution in [0.3, 0.4) is 0 Å². The molecule has 33 heavy (non-hydrogen) atoms. The van der Waals surface area contributed by atoms with E-state index in [0.29, 0.717) is 17.7 Å². The second-order valence-corrected chi connectivity index (χ2v) is 9.97. The lowest BCUT2D eigenvalue weighted by Gasteiger charge is -2.27. The first-order valence-electron chi connectivity index (χ1n) is 11.6. The lowest BCUT2D eigenvalue weighted by atomic mass is 10.00. The fourth-order valence-electron chi connectivity index (χ4n) is 5.70. The highest BCUT2D eigenvalue weighted by atomic mass is 35.5. The summed E-state index contributed by atoms with van der Waals surface area (Å²) in [5.74, 6) is 1.73. The molecule has 2 aromatic rings. The van der Waals surface area contributed by atoms with Crippen molar-refractivity contribution in [3.63, 3.8) is 0 Å². The van der Waals surface area contributed by atoms with E-state index in [9.17, 15) is 13.2 Å². The molecule has 3 heterocycles. The Morgan fingerprint density at radius 2 is 1.82 bits per heavy atom. The molecule has 9 heteroatoms. The molecule has 1 aromatic carbocycles. The average Bonchev–Trinajstić information content (AvgIpc) is 3.34. The average molecular weight is 481 g/mol. The van der Waals surface area contributed by atoms with E-state index in [1.807, 2.05) is 0 Å². The molecule has 0 spiro atoms. The van der Waals surface area contributed by atoms with Crippen LogP contribution in [0.25, 0.3) is 11.3 Å². The van der Waals surface area contributed by atoms with E-state index in [1.54, 1.807) is 0 Å². The van der Waals surface area contributed by atoms with Gasteiger partial charge in [0.25, 0.3) is 6.43 Å². The van der Waals surface area contributed by atoms with Gasteiger partial charge in [0.05, 0.1) is 5.02 Å². The molecule has 3 atom stereocenters. The summed E-state index contributed by atoms with van der Waals surface area (Å²) >= 11 is 6.11. The van der Waals surface area contributed by atoms with Gasteiger partial charge in [0.1, 0.15) is 17.3 Å². The molecule has 1 N–H and O–H groups in total. The minimum absolute atomic E-state index is 0.0907. The van der Waals surface area contributed by atoms with Gasteiger partial charge in [-0.3, -0.25) is 0 Å². The number of aromatic nitrogens is 2. The Bertz CT molecular complexity index is 974. The maximum atomic E-state index is 13.8. The van der Waals surface area contributed by atoms with Gasteiger partial charge < -0.3 is 15.0 Å². The van der Waals surface area contributed by atoms with E-state index in [0.717, 1.165) is 70.5 Å². The van der Waals surface area contributed by atoms with Crippen LogP contribution in [0.15, 0.2) is 24.3 Å². The number of halogens is 4. The van der Waals surface area contributed by atoms with Crippen molar-refractivity contribution < 1.29 is 17.9 Å². The molecule has 3 aliphatic rings. The number of ether oxygens (including phenoxy) is 1. The first kappa shape index (κ1) is 22.9. The maximum absolute atomic E-state index is 13.8. The molecule has 0 radical (unpaired) electrons. The highest BCUT2D eigenvalue weighted by Crippen LogP contribution is 2.40. The summed E-state index contributed by atoms with van der Waals surface area (Å²) in [7, 11) is 0. The maximum Gasteiger partial charge on any atom is 0.266 e. The minimum Gasteiger partial charge on any atom is -0.381 e. The molecular weight excluding hydrogens is 453 g/mol. The van der Waals surface area contributed by atoms with Crippen molar-refractivity contribution in [3.05, 3.63) is 40.7 Å². The zero-order chi connectivity index (χ0) is 22.9. The smallest absolute Gasteiger partial charge is 0.266 e. The first-order valence-corrected chi connectivity index (χ1v) is 12.0. The molecule has 1 aliphatic carbocycles. The molecule has 178 valence electrons. The fourth-order valence-corrected chi connectivity index (χ4v) is 5.91. The SMILES string of the molecule is Fc1ccc(Cl)c(-c2nnc(NC3C[C@@H]4CN(CC5CCOCC5)C[C@@H]4C3)cc2C(F)F)c1. The summed E-state index contributed by atoms with van der Waals surface area (Å²) in [5.41, 5.74) is -0.279. The van der Waals surface area contributed by atoms with E-state index >= 15 is 0 Å². The fraction of sp³-hybridized carbons (Fsp3) is 0.583. The Morgan fingerprint density at radius 1 is 1.09 bits per heavy atom. The Morgan fingerprint density at radius 3 is 2.52 bits per heavy atom. The normalized spacial score (nSPS) is 26.2. The van der Waals surface area contributed by atoms with E-state index in [4.69, 9.17) is 16.3 Å². The number of rotatable bonds is 6. The van der Waals surface area contributed by atoms with Crippen LogP contribution in [0.2, 0.25) is 5.02 Å². The van der Waals surface area contributed by atoms with Crippen LogP contribution in [-0.4, -0.2) is 54.0 Å². The van der Waals surface area contributed by atoms with Crippen molar-refractivity contribution in [1.82, 2.24) is 15.1 Å². The number of nitrogens with zero attached hydrogens (tertiary/aromatic N) is 3. The summed E-state index contributed by atoms with van der Waals surface area (Å²) in [6.45, 7) is 5.12. The van der Waals surface area contributed by atoms with Crippen molar-refractivity contribution >= 4 is 17.4 Å². The largest absolute Gasteiger partial charge is 0.381 e. The van der Waals surface area contributed by atoms with Gasteiger partial charge in [0, 0.05) is 50.0 Å². The van der Waals surface area contributed by atoms with Crippen LogP contribution in [0.5, 0.6) is 0 Å². The minimum atomic E-state index is -2.78. The van der Waals surface area contributed by atoms with E-state index in [2.05, 4.69) is 20.4 Å². The number of fused-ring (bicyclic) bond motifs is 1. The Kier molecular flexibility index (Phi) is 6.77. The summed E-state index contributed by atoms with van der Waals surface area (Å²) in [6, 6.07) is 5.13. The molecule has 5 nitrogen and oxygen atoms in total. The second kappa shape index (κ2) is 9.76. The molecule has 0 amide bonds. The lowest BCUT2D eigenvalue weighted by molar-refractivity contribution is 0.0545. The summed E-state index contributed by atoms with van der Waals surface area (Å²) in [5, 5.41) is 11.6. The van der Waals surface area contributed by atoms with Crippen LogP contribution < -0.4 is 5.32 Å². The quantitative estimate of drug-likeness (QED) is 0.598. The summed E-state index contributed by atoms with van der Waals surface area (Å²) in [4.78, 5) is 2.59. The Balaban J connectivity index is 1.23. The van der Waals surface area contributed by atoms with Crippen LogP contribution in [0.1, 0.15) is 37.7 Å². The summed E-state index contributed by atoms with van der Waals surface area (Å²) in [6.07, 6.45) is 1.52. The molecule has 2 aliphatic heterocycles. The van der Waals surface area contributed by atoms with E-state index < -0.39 is 12.2 Å². The third kappa shape index (κ3) is 5.12. The number of alkyl halides is 2. The Labute approximate surface area is 196 Å². The van der Waals surface area contributed by atoms with Crippen LogP contribution in [0.4, 0.5) is 19.0 Å². The van der Waals surface area contributed by atoms with Crippen molar-refractivity contribution in [2.75, 3.05) is 38.2 Å². The molecule has 1 saturated carbocycles. The van der Waals surface area contributed by atoms with Crippen molar-refractivity contribution in [2.45, 2.75) is 38.2 Å².